The molecule has 0 aliphatic heterocycles. The Bertz CT molecular complexity index is 977. The van der Waals surface area contributed by atoms with Crippen LogP contribution in [0, 0.1) is 5.92 Å². The lowest BCUT2D eigenvalue weighted by Gasteiger charge is -2.36. The van der Waals surface area contributed by atoms with Crippen LogP contribution in [0.4, 0.5) is 5.69 Å². The maximum atomic E-state index is 6.28. The van der Waals surface area contributed by atoms with E-state index in [9.17, 15) is 0 Å². The van der Waals surface area contributed by atoms with Crippen molar-refractivity contribution >= 4 is 34.2 Å². The van der Waals surface area contributed by atoms with E-state index in [-0.39, 0.29) is 5.96 Å². The lowest BCUT2D eigenvalue weighted by atomic mass is 9.71. The number of aliphatic imine (C=N–C) groups is 1. The van der Waals surface area contributed by atoms with Crippen LogP contribution in [0.3, 0.4) is 0 Å². The number of fused-ring (bicyclic) bond motifs is 5. The van der Waals surface area contributed by atoms with Gasteiger partial charge in [-0.05, 0) is 69.1 Å². The molecule has 4 rings (SSSR count). The summed E-state index contributed by atoms with van der Waals surface area (Å²) in [5, 5.41) is 5.73. The molecule has 0 radical (unpaired) electrons. The van der Waals surface area contributed by atoms with Gasteiger partial charge in [0.15, 0.2) is 5.96 Å². The molecule has 5 N–H and O–H groups in total. The molecule has 2 aromatic rings. The minimum Gasteiger partial charge on any atom is -0.384 e. The molecule has 2 aliphatic rings. The summed E-state index contributed by atoms with van der Waals surface area (Å²) < 4.78 is 0. The molecule has 30 heavy (non-hydrogen) atoms. The first kappa shape index (κ1) is 21.0. The van der Waals surface area contributed by atoms with Gasteiger partial charge in [-0.25, -0.2) is 0 Å². The van der Waals surface area contributed by atoms with E-state index in [1.54, 1.807) is 0 Å². The number of allylic oxidation sites excluding steroid dienone is 2. The maximum absolute atomic E-state index is 6.28. The number of aromatic nitrogens is 1. The van der Waals surface area contributed by atoms with Crippen LogP contribution >= 0.6 is 11.6 Å². The third-order valence-electron chi connectivity index (χ3n) is 6.29. The van der Waals surface area contributed by atoms with Gasteiger partial charge in [0, 0.05) is 40.4 Å². The fourth-order valence-corrected chi connectivity index (χ4v) is 5.25. The molecule has 0 amide bonds. The molecule has 0 saturated carbocycles. The Labute approximate surface area is 184 Å². The summed E-state index contributed by atoms with van der Waals surface area (Å²) in [7, 11) is 0. The second-order valence-electron chi connectivity index (χ2n) is 8.77. The Hall–Kier alpha value is -2.27. The summed E-state index contributed by atoms with van der Waals surface area (Å²) in [5.41, 5.74) is 17.3. The van der Waals surface area contributed by atoms with Crippen molar-refractivity contribution in [1.82, 2.24) is 4.98 Å². The summed E-state index contributed by atoms with van der Waals surface area (Å²) in [5.74, 6) is 1.37. The number of guanidine groups is 1. The van der Waals surface area contributed by atoms with Crippen LogP contribution in [0.25, 0.3) is 10.9 Å². The number of unbranched alkanes of at least 4 members (excludes halogenated alkanes) is 3. The number of hydrogen-bond donors (Lipinski definition) is 3. The van der Waals surface area contributed by atoms with E-state index in [2.05, 4.69) is 29.4 Å². The van der Waals surface area contributed by atoms with Gasteiger partial charge in [-0.1, -0.05) is 36.1 Å². The molecule has 1 aromatic carbocycles. The highest BCUT2D eigenvalue weighted by atomic mass is 35.5. The molecule has 2 bridgehead atoms. The van der Waals surface area contributed by atoms with Gasteiger partial charge in [-0.3, -0.25) is 9.98 Å². The van der Waals surface area contributed by atoms with Gasteiger partial charge in [0.2, 0.25) is 0 Å². The average molecular weight is 426 g/mol. The van der Waals surface area contributed by atoms with E-state index >= 15 is 0 Å². The van der Waals surface area contributed by atoms with Gasteiger partial charge in [-0.2, -0.15) is 0 Å². The number of halogens is 1. The Balaban J connectivity index is 1.50. The largest absolute Gasteiger partial charge is 0.384 e. The molecular formula is C24H32ClN5. The summed E-state index contributed by atoms with van der Waals surface area (Å²) >= 11 is 6.28. The Morgan fingerprint density at radius 2 is 2.03 bits per heavy atom. The number of anilines is 1. The second kappa shape index (κ2) is 9.25. The summed E-state index contributed by atoms with van der Waals surface area (Å²) in [4.78, 5) is 9.10. The minimum atomic E-state index is 0.182. The molecule has 2 aliphatic carbocycles. The molecule has 2 atom stereocenters. The second-order valence-corrected chi connectivity index (χ2v) is 9.21. The van der Waals surface area contributed by atoms with Crippen LogP contribution in [0.5, 0.6) is 0 Å². The maximum Gasteiger partial charge on any atom is 0.185 e. The Morgan fingerprint density at radius 3 is 2.87 bits per heavy atom. The molecule has 0 saturated heterocycles. The van der Waals surface area contributed by atoms with E-state index < -0.39 is 0 Å². The van der Waals surface area contributed by atoms with Crippen molar-refractivity contribution in [1.29, 1.82) is 0 Å². The monoisotopic (exact) mass is 425 g/mol. The molecular weight excluding hydrogens is 394 g/mol. The first-order chi connectivity index (χ1) is 14.5. The zero-order chi connectivity index (χ0) is 21.1. The fraction of sp³-hybridized carbons (Fsp3) is 0.500. The molecule has 1 heterocycles. The van der Waals surface area contributed by atoms with E-state index in [0.29, 0.717) is 11.8 Å². The van der Waals surface area contributed by atoms with Crippen molar-refractivity contribution in [2.45, 2.75) is 57.8 Å². The highest BCUT2D eigenvalue weighted by molar-refractivity contribution is 6.31. The smallest absolute Gasteiger partial charge is 0.185 e. The lowest BCUT2D eigenvalue weighted by Crippen LogP contribution is -2.24. The topological polar surface area (TPSA) is 89.3 Å². The van der Waals surface area contributed by atoms with Crippen LogP contribution in [0.1, 0.15) is 62.6 Å². The lowest BCUT2D eigenvalue weighted by molar-refractivity contribution is 0.433. The molecule has 1 aromatic heterocycles. The molecule has 0 spiro atoms. The van der Waals surface area contributed by atoms with Crippen LogP contribution in [-0.2, 0) is 6.42 Å². The molecule has 0 fully saturated rings. The van der Waals surface area contributed by atoms with Crippen molar-refractivity contribution in [2.24, 2.45) is 22.4 Å². The zero-order valence-electron chi connectivity index (χ0n) is 17.8. The van der Waals surface area contributed by atoms with Gasteiger partial charge >= 0.3 is 0 Å². The predicted molar refractivity (Wildman–Crippen MR) is 127 cm³/mol. The van der Waals surface area contributed by atoms with E-state index in [4.69, 9.17) is 28.1 Å². The third-order valence-corrected chi connectivity index (χ3v) is 6.52. The van der Waals surface area contributed by atoms with Gasteiger partial charge in [0.25, 0.3) is 0 Å². The number of rotatable bonds is 8. The molecule has 0 unspecified atom stereocenters. The van der Waals surface area contributed by atoms with Gasteiger partial charge in [0.05, 0.1) is 5.52 Å². The standard InChI is InChI=1S/C24H32ClN5/c1-15-10-16-12-17(11-15)22-21(13-16)30-20-14-18(25)6-7-19(20)23(22)28-8-4-2-3-5-9-29-24(26)27/h6-7,10,14,16-17H,2-5,8-9,11-13H2,1H3,(H,28,30)(H4,26,27,29)/t16-,17+/m0/s1. The van der Waals surface area contributed by atoms with E-state index in [1.807, 2.05) is 12.1 Å². The van der Waals surface area contributed by atoms with E-state index in [1.165, 1.54) is 34.3 Å². The van der Waals surface area contributed by atoms with Crippen molar-refractivity contribution in [3.63, 3.8) is 0 Å². The zero-order valence-corrected chi connectivity index (χ0v) is 18.5. The fourth-order valence-electron chi connectivity index (χ4n) is 5.09. The highest BCUT2D eigenvalue weighted by Gasteiger charge is 2.33. The molecule has 6 heteroatoms. The van der Waals surface area contributed by atoms with Crippen molar-refractivity contribution in [2.75, 3.05) is 18.4 Å². The van der Waals surface area contributed by atoms with Crippen molar-refractivity contribution < 1.29 is 0 Å². The van der Waals surface area contributed by atoms with Gasteiger partial charge in [0.1, 0.15) is 0 Å². The predicted octanol–water partition coefficient (Wildman–Crippen LogP) is 5.13. The summed E-state index contributed by atoms with van der Waals surface area (Å²) in [6.07, 6.45) is 10.3. The van der Waals surface area contributed by atoms with E-state index in [0.717, 1.165) is 62.2 Å². The Morgan fingerprint density at radius 1 is 1.20 bits per heavy atom. The molecule has 160 valence electrons. The van der Waals surface area contributed by atoms with Gasteiger partial charge < -0.3 is 16.8 Å². The van der Waals surface area contributed by atoms with Crippen molar-refractivity contribution in [3.05, 3.63) is 46.1 Å². The number of pyridine rings is 1. The summed E-state index contributed by atoms with van der Waals surface area (Å²) in [6.45, 7) is 3.95. The minimum absolute atomic E-state index is 0.182. The first-order valence-corrected chi connectivity index (χ1v) is 11.5. The number of nitrogens with zero attached hydrogens (tertiary/aromatic N) is 2. The number of benzene rings is 1. The van der Waals surface area contributed by atoms with Crippen LogP contribution in [-0.4, -0.2) is 24.0 Å². The highest BCUT2D eigenvalue weighted by Crippen LogP contribution is 2.47. The first-order valence-electron chi connectivity index (χ1n) is 11.1. The quantitative estimate of drug-likeness (QED) is 0.236. The van der Waals surface area contributed by atoms with Crippen LogP contribution in [0.15, 0.2) is 34.8 Å². The number of hydrogen-bond acceptors (Lipinski definition) is 3. The summed E-state index contributed by atoms with van der Waals surface area (Å²) in [6, 6.07) is 6.10. The Kier molecular flexibility index (Phi) is 6.47. The normalized spacial score (nSPS) is 19.9. The number of nitrogens with two attached hydrogens (primary N) is 2. The average Bonchev–Trinajstić information content (AvgIpc) is 2.68. The van der Waals surface area contributed by atoms with Gasteiger partial charge in [-0.15, -0.1) is 0 Å². The van der Waals surface area contributed by atoms with Crippen molar-refractivity contribution in [3.8, 4) is 0 Å². The van der Waals surface area contributed by atoms with Crippen LogP contribution in [0.2, 0.25) is 5.02 Å². The molecule has 5 nitrogen and oxygen atoms in total. The number of nitrogens with one attached hydrogen (secondary N) is 1. The third kappa shape index (κ3) is 4.72. The van der Waals surface area contributed by atoms with Crippen LogP contribution < -0.4 is 16.8 Å². The SMILES string of the molecule is CC1=C[C@@H]2Cc3nc4cc(Cl)ccc4c(NCCCCCCN=C(N)N)c3[C@H](C1)C2.